The standard InChI is InChI=1S/C20H26ClN5.HI/c1-2-22-20(24-14-16-6-5-7-18(21)12-16)25-15-17-8-9-23-19(13-17)26-10-3-4-11-26;/h5-9,12-13H,2-4,10-11,14-15H2,1H3,(H2,22,24,25);1H. The maximum absolute atomic E-state index is 6.04. The SMILES string of the molecule is CCNC(=NCc1cccc(Cl)c1)NCc1ccnc(N2CCCC2)c1.I. The number of hydrogen-bond acceptors (Lipinski definition) is 3. The molecule has 1 aromatic heterocycles. The number of nitrogens with one attached hydrogen (secondary N) is 2. The summed E-state index contributed by atoms with van der Waals surface area (Å²) in [5.74, 6) is 1.87. The number of hydrogen-bond donors (Lipinski definition) is 2. The number of aliphatic imine (C=N–C) groups is 1. The van der Waals surface area contributed by atoms with Gasteiger partial charge in [0.2, 0.25) is 0 Å². The van der Waals surface area contributed by atoms with E-state index in [-0.39, 0.29) is 24.0 Å². The Balaban J connectivity index is 0.00000261. The summed E-state index contributed by atoms with van der Waals surface area (Å²) in [6.45, 7) is 6.39. The fraction of sp³-hybridized carbons (Fsp3) is 0.400. The zero-order chi connectivity index (χ0) is 18.2. The van der Waals surface area contributed by atoms with Crippen LogP contribution in [0.1, 0.15) is 30.9 Å². The second-order valence-electron chi connectivity index (χ2n) is 6.40. The quantitative estimate of drug-likeness (QED) is 0.355. The van der Waals surface area contributed by atoms with Gasteiger partial charge in [0.15, 0.2) is 5.96 Å². The van der Waals surface area contributed by atoms with Crippen molar-refractivity contribution in [2.45, 2.75) is 32.9 Å². The Hall–Kier alpha value is -1.54. The maximum Gasteiger partial charge on any atom is 0.191 e. The molecule has 0 amide bonds. The van der Waals surface area contributed by atoms with Crippen LogP contribution in [0, 0.1) is 0 Å². The van der Waals surface area contributed by atoms with E-state index in [1.807, 2.05) is 36.5 Å². The van der Waals surface area contributed by atoms with Crippen LogP contribution in [0.15, 0.2) is 47.6 Å². The normalized spacial score (nSPS) is 14.0. The topological polar surface area (TPSA) is 52.6 Å². The van der Waals surface area contributed by atoms with Crippen LogP contribution in [-0.2, 0) is 13.1 Å². The average molecular weight is 500 g/mol. The van der Waals surface area contributed by atoms with Gasteiger partial charge < -0.3 is 15.5 Å². The minimum absolute atomic E-state index is 0. The zero-order valence-corrected chi connectivity index (χ0v) is 18.7. The molecule has 7 heteroatoms. The van der Waals surface area contributed by atoms with Crippen LogP contribution in [0.5, 0.6) is 0 Å². The van der Waals surface area contributed by atoms with Gasteiger partial charge in [-0.2, -0.15) is 0 Å². The number of anilines is 1. The molecule has 0 radical (unpaired) electrons. The van der Waals surface area contributed by atoms with Crippen LogP contribution in [0.3, 0.4) is 0 Å². The molecule has 0 spiro atoms. The molecular formula is C20H27ClIN5. The number of guanidine groups is 1. The Labute approximate surface area is 183 Å². The van der Waals surface area contributed by atoms with Gasteiger partial charge in [-0.3, -0.25) is 0 Å². The van der Waals surface area contributed by atoms with Gasteiger partial charge in [0.05, 0.1) is 6.54 Å². The Bertz CT molecular complexity index is 747. The molecule has 1 fully saturated rings. The van der Waals surface area contributed by atoms with E-state index in [1.54, 1.807) is 0 Å². The summed E-state index contributed by atoms with van der Waals surface area (Å²) in [4.78, 5) is 11.5. The van der Waals surface area contributed by atoms with E-state index in [0.717, 1.165) is 42.0 Å². The Kier molecular flexibility index (Phi) is 9.14. The molecule has 2 N–H and O–H groups in total. The minimum Gasteiger partial charge on any atom is -0.357 e. The molecule has 2 aromatic rings. The first-order valence-corrected chi connectivity index (χ1v) is 9.59. The first kappa shape index (κ1) is 21.8. The van der Waals surface area contributed by atoms with Gasteiger partial charge in [0, 0.05) is 37.4 Å². The zero-order valence-electron chi connectivity index (χ0n) is 15.6. The van der Waals surface area contributed by atoms with Crippen molar-refractivity contribution in [3.63, 3.8) is 0 Å². The lowest BCUT2D eigenvalue weighted by Gasteiger charge is -2.17. The third-order valence-electron chi connectivity index (χ3n) is 4.35. The summed E-state index contributed by atoms with van der Waals surface area (Å²) >= 11 is 6.04. The van der Waals surface area contributed by atoms with Crippen LogP contribution in [-0.4, -0.2) is 30.6 Å². The van der Waals surface area contributed by atoms with Crippen molar-refractivity contribution >= 4 is 47.4 Å². The van der Waals surface area contributed by atoms with E-state index >= 15 is 0 Å². The lowest BCUT2D eigenvalue weighted by molar-refractivity contribution is 0.813. The molecule has 1 aliphatic heterocycles. The third-order valence-corrected chi connectivity index (χ3v) is 4.59. The first-order valence-electron chi connectivity index (χ1n) is 9.21. The molecule has 0 atom stereocenters. The monoisotopic (exact) mass is 499 g/mol. The first-order chi connectivity index (χ1) is 12.7. The molecule has 3 rings (SSSR count). The largest absolute Gasteiger partial charge is 0.357 e. The van der Waals surface area contributed by atoms with Crippen LogP contribution in [0.25, 0.3) is 0 Å². The van der Waals surface area contributed by atoms with Crippen LogP contribution in [0.2, 0.25) is 5.02 Å². The Morgan fingerprint density at radius 3 is 2.70 bits per heavy atom. The smallest absolute Gasteiger partial charge is 0.191 e. The number of rotatable bonds is 6. The average Bonchev–Trinajstić information content (AvgIpc) is 3.19. The molecule has 0 bridgehead atoms. The maximum atomic E-state index is 6.04. The highest BCUT2D eigenvalue weighted by atomic mass is 127. The summed E-state index contributed by atoms with van der Waals surface area (Å²) in [7, 11) is 0. The van der Waals surface area contributed by atoms with Gasteiger partial charge in [0.25, 0.3) is 0 Å². The van der Waals surface area contributed by atoms with Gasteiger partial charge in [-0.05, 0) is 55.2 Å². The van der Waals surface area contributed by atoms with E-state index in [2.05, 4.69) is 38.5 Å². The van der Waals surface area contributed by atoms with Crippen molar-refractivity contribution in [3.8, 4) is 0 Å². The second kappa shape index (κ2) is 11.3. The number of halogens is 2. The highest BCUT2D eigenvalue weighted by molar-refractivity contribution is 14.0. The van der Waals surface area contributed by atoms with Gasteiger partial charge >= 0.3 is 0 Å². The molecule has 1 aliphatic rings. The summed E-state index contributed by atoms with van der Waals surface area (Å²) in [6.07, 6.45) is 4.40. The van der Waals surface area contributed by atoms with E-state index in [0.29, 0.717) is 13.1 Å². The van der Waals surface area contributed by atoms with E-state index in [4.69, 9.17) is 11.6 Å². The predicted octanol–water partition coefficient (Wildman–Crippen LogP) is 4.21. The molecule has 27 heavy (non-hydrogen) atoms. The summed E-state index contributed by atoms with van der Waals surface area (Å²) < 4.78 is 0. The van der Waals surface area contributed by atoms with Crippen molar-refractivity contribution in [1.82, 2.24) is 15.6 Å². The van der Waals surface area contributed by atoms with Gasteiger partial charge in [-0.25, -0.2) is 9.98 Å². The molecule has 0 saturated carbocycles. The van der Waals surface area contributed by atoms with E-state index in [9.17, 15) is 0 Å². The molecule has 1 aromatic carbocycles. The van der Waals surface area contributed by atoms with Crippen LogP contribution in [0.4, 0.5) is 5.82 Å². The van der Waals surface area contributed by atoms with Crippen molar-refractivity contribution in [2.75, 3.05) is 24.5 Å². The molecule has 0 aliphatic carbocycles. The Morgan fingerprint density at radius 2 is 1.96 bits per heavy atom. The van der Waals surface area contributed by atoms with Gasteiger partial charge in [-0.1, -0.05) is 23.7 Å². The highest BCUT2D eigenvalue weighted by Crippen LogP contribution is 2.18. The summed E-state index contributed by atoms with van der Waals surface area (Å²) in [5, 5.41) is 7.42. The number of pyridine rings is 1. The Morgan fingerprint density at radius 1 is 1.15 bits per heavy atom. The fourth-order valence-electron chi connectivity index (χ4n) is 3.02. The van der Waals surface area contributed by atoms with Crippen molar-refractivity contribution in [1.29, 1.82) is 0 Å². The summed E-state index contributed by atoms with van der Waals surface area (Å²) in [5.41, 5.74) is 2.30. The number of benzene rings is 1. The van der Waals surface area contributed by atoms with Gasteiger partial charge in [0.1, 0.15) is 5.82 Å². The molecule has 5 nitrogen and oxygen atoms in total. The fourth-order valence-corrected chi connectivity index (χ4v) is 3.24. The lowest BCUT2D eigenvalue weighted by atomic mass is 10.2. The second-order valence-corrected chi connectivity index (χ2v) is 6.83. The number of nitrogens with zero attached hydrogens (tertiary/aromatic N) is 3. The van der Waals surface area contributed by atoms with Crippen molar-refractivity contribution < 1.29 is 0 Å². The summed E-state index contributed by atoms with van der Waals surface area (Å²) in [6, 6.07) is 12.0. The molecule has 2 heterocycles. The van der Waals surface area contributed by atoms with E-state index in [1.165, 1.54) is 18.4 Å². The predicted molar refractivity (Wildman–Crippen MR) is 124 cm³/mol. The van der Waals surface area contributed by atoms with Crippen LogP contribution < -0.4 is 15.5 Å². The molecule has 1 saturated heterocycles. The van der Waals surface area contributed by atoms with Crippen molar-refractivity contribution in [2.24, 2.45) is 4.99 Å². The molecular weight excluding hydrogens is 473 g/mol. The van der Waals surface area contributed by atoms with Crippen LogP contribution >= 0.6 is 35.6 Å². The minimum atomic E-state index is 0. The van der Waals surface area contributed by atoms with Gasteiger partial charge in [-0.15, -0.1) is 24.0 Å². The third kappa shape index (κ3) is 6.84. The van der Waals surface area contributed by atoms with Crippen molar-refractivity contribution in [3.05, 3.63) is 58.7 Å². The number of aromatic nitrogens is 1. The van der Waals surface area contributed by atoms with E-state index < -0.39 is 0 Å². The molecule has 0 unspecified atom stereocenters. The molecule has 146 valence electrons. The lowest BCUT2D eigenvalue weighted by Crippen LogP contribution is -2.36. The highest BCUT2D eigenvalue weighted by Gasteiger charge is 2.13.